The Labute approximate surface area is 141 Å². The molecule has 11 heteroatoms. The summed E-state index contributed by atoms with van der Waals surface area (Å²) >= 11 is 0. The molecule has 2 heterocycles. The van der Waals surface area contributed by atoms with Crippen LogP contribution in [0.3, 0.4) is 0 Å². The Balaban J connectivity index is 1.78. The minimum atomic E-state index is -5.00. The quantitative estimate of drug-likeness (QED) is 0.813. The van der Waals surface area contributed by atoms with E-state index < -0.39 is 30.4 Å². The minimum Gasteiger partial charge on any atom is -0.350 e. The van der Waals surface area contributed by atoms with Crippen LogP contribution in [0.4, 0.5) is 26.3 Å². The predicted molar refractivity (Wildman–Crippen MR) is 75.7 cm³/mol. The maximum absolute atomic E-state index is 12.7. The Bertz CT molecular complexity index is 830. The molecule has 1 aliphatic heterocycles. The number of aromatic nitrogens is 2. The van der Waals surface area contributed by atoms with Crippen LogP contribution >= 0.6 is 0 Å². The van der Waals surface area contributed by atoms with E-state index in [4.69, 9.17) is 0 Å². The second-order valence-corrected chi connectivity index (χ2v) is 5.46. The van der Waals surface area contributed by atoms with Crippen molar-refractivity contribution in [2.45, 2.75) is 24.6 Å². The third kappa shape index (κ3) is 3.34. The van der Waals surface area contributed by atoms with E-state index in [1.165, 1.54) is 24.3 Å². The van der Waals surface area contributed by atoms with Crippen molar-refractivity contribution in [3.05, 3.63) is 48.0 Å². The molecule has 1 aromatic heterocycles. The summed E-state index contributed by atoms with van der Waals surface area (Å²) in [6.45, 7) is 0. The van der Waals surface area contributed by atoms with Crippen LogP contribution in [0.25, 0.3) is 11.1 Å². The van der Waals surface area contributed by atoms with Crippen LogP contribution in [-0.2, 0) is 11.0 Å². The second-order valence-electron chi connectivity index (χ2n) is 5.46. The molecule has 0 saturated heterocycles. The maximum atomic E-state index is 12.7. The maximum Gasteiger partial charge on any atom is 0.458 e. The van der Waals surface area contributed by atoms with Gasteiger partial charge in [-0.1, -0.05) is 29.4 Å². The van der Waals surface area contributed by atoms with E-state index in [0.717, 1.165) is 12.4 Å². The number of benzene rings is 1. The lowest BCUT2D eigenvalue weighted by atomic mass is 10.00. The summed E-state index contributed by atoms with van der Waals surface area (Å²) in [6.07, 6.45) is -8.56. The molecule has 138 valence electrons. The molecule has 0 bridgehead atoms. The monoisotopic (exact) mass is 377 g/mol. The van der Waals surface area contributed by atoms with Gasteiger partial charge in [0.25, 0.3) is 0 Å². The Kier molecular flexibility index (Phi) is 4.14. The lowest BCUT2D eigenvalue weighted by Crippen LogP contribution is -2.45. The molecule has 0 saturated carbocycles. The SMILES string of the molecule is OC1(C(F)(F)F)CC(c2ccc(-c3cnc(C(F)(F)F)nc3)cc2)=NO1. The molecule has 5 nitrogen and oxygen atoms in total. The van der Waals surface area contributed by atoms with Crippen molar-refractivity contribution in [2.75, 3.05) is 0 Å². The molecular formula is C15H9F6N3O2. The molecule has 0 spiro atoms. The molecule has 26 heavy (non-hydrogen) atoms. The fourth-order valence-corrected chi connectivity index (χ4v) is 2.21. The summed E-state index contributed by atoms with van der Waals surface area (Å²) in [6, 6.07) is 5.71. The van der Waals surface area contributed by atoms with E-state index in [2.05, 4.69) is 20.0 Å². The number of hydrogen-bond donors (Lipinski definition) is 1. The summed E-state index contributed by atoms with van der Waals surface area (Å²) in [5.41, 5.74) is 0.899. The average molecular weight is 377 g/mol. The largest absolute Gasteiger partial charge is 0.458 e. The van der Waals surface area contributed by atoms with Crippen LogP contribution in [-0.4, -0.2) is 32.7 Å². The highest BCUT2D eigenvalue weighted by molar-refractivity contribution is 6.01. The number of nitrogens with zero attached hydrogens (tertiary/aromatic N) is 3. The molecule has 0 amide bonds. The summed E-state index contributed by atoms with van der Waals surface area (Å²) in [5.74, 6) is -4.65. The first-order valence-electron chi connectivity index (χ1n) is 7.04. The Hall–Kier alpha value is -2.69. The van der Waals surface area contributed by atoms with Crippen LogP contribution in [0.15, 0.2) is 41.8 Å². The molecule has 0 radical (unpaired) electrons. The lowest BCUT2D eigenvalue weighted by molar-refractivity contribution is -0.355. The van der Waals surface area contributed by atoms with E-state index >= 15 is 0 Å². The molecule has 1 aromatic carbocycles. The highest BCUT2D eigenvalue weighted by Gasteiger charge is 2.60. The predicted octanol–water partition coefficient (Wildman–Crippen LogP) is 3.54. The fraction of sp³-hybridized carbons (Fsp3) is 0.267. The number of rotatable bonds is 2. The molecule has 0 fully saturated rings. The van der Waals surface area contributed by atoms with E-state index in [9.17, 15) is 31.4 Å². The molecule has 1 atom stereocenters. The molecule has 1 aliphatic rings. The van der Waals surface area contributed by atoms with E-state index in [1.807, 2.05) is 0 Å². The summed E-state index contributed by atoms with van der Waals surface area (Å²) in [5, 5.41) is 12.7. The first kappa shape index (κ1) is 18.1. The van der Waals surface area contributed by atoms with Crippen LogP contribution in [0.1, 0.15) is 17.8 Å². The van der Waals surface area contributed by atoms with Gasteiger partial charge in [-0.05, 0) is 11.1 Å². The summed E-state index contributed by atoms with van der Waals surface area (Å²) in [4.78, 5) is 10.6. The lowest BCUT2D eigenvalue weighted by Gasteiger charge is -2.22. The molecule has 1 unspecified atom stereocenters. The van der Waals surface area contributed by atoms with Gasteiger partial charge in [-0.25, -0.2) is 9.97 Å². The Morgan fingerprint density at radius 1 is 0.885 bits per heavy atom. The zero-order valence-corrected chi connectivity index (χ0v) is 12.6. The molecule has 1 N–H and O–H groups in total. The normalized spacial score (nSPS) is 20.7. The number of hydrogen-bond acceptors (Lipinski definition) is 5. The Morgan fingerprint density at radius 3 is 1.88 bits per heavy atom. The van der Waals surface area contributed by atoms with Crippen molar-refractivity contribution in [1.82, 2.24) is 9.97 Å². The number of alkyl halides is 6. The summed E-state index contributed by atoms with van der Waals surface area (Å²) < 4.78 is 75.4. The number of halogens is 6. The molecule has 3 rings (SSSR count). The first-order valence-corrected chi connectivity index (χ1v) is 7.04. The third-order valence-electron chi connectivity index (χ3n) is 3.61. The van der Waals surface area contributed by atoms with Gasteiger partial charge in [0.2, 0.25) is 5.82 Å². The minimum absolute atomic E-state index is 0.111. The van der Waals surface area contributed by atoms with Crippen molar-refractivity contribution < 1.29 is 36.3 Å². The second kappa shape index (κ2) is 5.94. The smallest absolute Gasteiger partial charge is 0.350 e. The van der Waals surface area contributed by atoms with Gasteiger partial charge in [-0.3, -0.25) is 0 Å². The fourth-order valence-electron chi connectivity index (χ4n) is 2.21. The average Bonchev–Trinajstić information content (AvgIpc) is 2.98. The molecular weight excluding hydrogens is 368 g/mol. The third-order valence-corrected chi connectivity index (χ3v) is 3.61. The van der Waals surface area contributed by atoms with Crippen LogP contribution < -0.4 is 0 Å². The molecule has 2 aromatic rings. The van der Waals surface area contributed by atoms with Gasteiger partial charge in [0.15, 0.2) is 0 Å². The van der Waals surface area contributed by atoms with Gasteiger partial charge in [-0.2, -0.15) is 26.3 Å². The highest BCUT2D eigenvalue weighted by atomic mass is 19.4. The van der Waals surface area contributed by atoms with E-state index in [0.29, 0.717) is 11.1 Å². The Morgan fingerprint density at radius 2 is 1.42 bits per heavy atom. The van der Waals surface area contributed by atoms with Gasteiger partial charge in [0.1, 0.15) is 0 Å². The van der Waals surface area contributed by atoms with Crippen LogP contribution in [0, 0.1) is 0 Å². The molecule has 0 aliphatic carbocycles. The van der Waals surface area contributed by atoms with Crippen molar-refractivity contribution in [3.8, 4) is 11.1 Å². The number of aliphatic hydroxyl groups is 1. The van der Waals surface area contributed by atoms with E-state index in [1.54, 1.807) is 0 Å². The van der Waals surface area contributed by atoms with Crippen molar-refractivity contribution in [3.63, 3.8) is 0 Å². The van der Waals surface area contributed by atoms with Crippen molar-refractivity contribution >= 4 is 5.71 Å². The van der Waals surface area contributed by atoms with Gasteiger partial charge in [0.05, 0.1) is 12.1 Å². The zero-order valence-electron chi connectivity index (χ0n) is 12.6. The van der Waals surface area contributed by atoms with Gasteiger partial charge < -0.3 is 9.94 Å². The van der Waals surface area contributed by atoms with E-state index in [-0.39, 0.29) is 11.3 Å². The van der Waals surface area contributed by atoms with Crippen molar-refractivity contribution in [2.24, 2.45) is 5.16 Å². The number of oxime groups is 1. The van der Waals surface area contributed by atoms with Gasteiger partial charge in [0, 0.05) is 18.0 Å². The van der Waals surface area contributed by atoms with Gasteiger partial charge in [-0.15, -0.1) is 0 Å². The highest BCUT2D eigenvalue weighted by Crippen LogP contribution is 2.39. The van der Waals surface area contributed by atoms with Crippen LogP contribution in [0.2, 0.25) is 0 Å². The summed E-state index contributed by atoms with van der Waals surface area (Å²) in [7, 11) is 0. The van der Waals surface area contributed by atoms with Gasteiger partial charge >= 0.3 is 18.1 Å². The van der Waals surface area contributed by atoms with Crippen LogP contribution in [0.5, 0.6) is 0 Å². The standard InChI is InChI=1S/C15H9F6N3O2/c16-14(17,18)12-22-6-10(7-23-12)8-1-3-9(4-2-8)11-5-13(25,26-24-11)15(19,20)21/h1-4,6-7,25H,5H2. The van der Waals surface area contributed by atoms with Crippen molar-refractivity contribution in [1.29, 1.82) is 0 Å². The topological polar surface area (TPSA) is 67.6 Å². The zero-order chi connectivity index (χ0) is 19.2. The first-order chi connectivity index (χ1) is 12.0.